The molecule has 0 spiro atoms. The first-order valence-electron chi connectivity index (χ1n) is 7.47. The summed E-state index contributed by atoms with van der Waals surface area (Å²) in [7, 11) is 0. The molecule has 1 aromatic carbocycles. The molecule has 1 aliphatic heterocycles. The van der Waals surface area contributed by atoms with Crippen molar-refractivity contribution < 1.29 is 9.53 Å². The number of amides is 1. The molecule has 1 aromatic rings. The maximum atomic E-state index is 12.1. The lowest BCUT2D eigenvalue weighted by Gasteiger charge is -2.24. The lowest BCUT2D eigenvalue weighted by molar-refractivity contribution is -0.127. The zero-order chi connectivity index (χ0) is 15.2. The smallest absolute Gasteiger partial charge is 0.260 e. The van der Waals surface area contributed by atoms with E-state index >= 15 is 0 Å². The van der Waals surface area contributed by atoms with Gasteiger partial charge in [0.25, 0.3) is 5.91 Å². The number of ether oxygens (including phenoxy) is 1. The molecule has 1 saturated heterocycles. The third-order valence-electron chi connectivity index (χ3n) is 3.72. The largest absolute Gasteiger partial charge is 0.479 e. The summed E-state index contributed by atoms with van der Waals surface area (Å²) in [5.74, 6) is 0.967. The molecule has 0 aliphatic carbocycles. The van der Waals surface area contributed by atoms with Gasteiger partial charge >= 0.3 is 0 Å². The molecule has 1 aliphatic rings. The molecule has 0 aromatic heterocycles. The molecule has 1 amide bonds. The fraction of sp³-hybridized carbons (Fsp3) is 0.562. The quantitative estimate of drug-likeness (QED) is 0.878. The molecule has 5 heteroatoms. The van der Waals surface area contributed by atoms with E-state index in [-0.39, 0.29) is 5.91 Å². The van der Waals surface area contributed by atoms with Crippen molar-refractivity contribution in [3.05, 3.63) is 28.8 Å². The molecule has 0 bridgehead atoms. The maximum absolute atomic E-state index is 12.1. The molecule has 2 N–H and O–H groups in total. The number of halogens is 1. The molecule has 1 fully saturated rings. The second-order valence-corrected chi connectivity index (χ2v) is 6.06. The number of hydrogen-bond acceptors (Lipinski definition) is 3. The van der Waals surface area contributed by atoms with Gasteiger partial charge in [-0.15, -0.1) is 0 Å². The van der Waals surface area contributed by atoms with Crippen LogP contribution in [0, 0.1) is 12.8 Å². The van der Waals surface area contributed by atoms with Crippen molar-refractivity contribution in [3.8, 4) is 5.75 Å². The molecule has 1 heterocycles. The van der Waals surface area contributed by atoms with Gasteiger partial charge in [-0.3, -0.25) is 4.79 Å². The van der Waals surface area contributed by atoms with E-state index < -0.39 is 6.10 Å². The monoisotopic (exact) mass is 310 g/mol. The number of hydrogen-bond donors (Lipinski definition) is 2. The van der Waals surface area contributed by atoms with Gasteiger partial charge in [0.15, 0.2) is 6.10 Å². The summed E-state index contributed by atoms with van der Waals surface area (Å²) >= 11 is 6.08. The van der Waals surface area contributed by atoms with E-state index in [1.807, 2.05) is 19.1 Å². The van der Waals surface area contributed by atoms with Crippen LogP contribution in [0.4, 0.5) is 0 Å². The molecule has 4 nitrogen and oxygen atoms in total. The van der Waals surface area contributed by atoms with Crippen LogP contribution in [0.1, 0.15) is 25.3 Å². The highest BCUT2D eigenvalue weighted by Crippen LogP contribution is 2.26. The van der Waals surface area contributed by atoms with Crippen LogP contribution in [-0.2, 0) is 4.79 Å². The number of piperidine rings is 1. The molecule has 0 radical (unpaired) electrons. The van der Waals surface area contributed by atoms with Gasteiger partial charge in [0, 0.05) is 6.54 Å². The fourth-order valence-electron chi connectivity index (χ4n) is 2.43. The highest BCUT2D eigenvalue weighted by atomic mass is 35.5. The van der Waals surface area contributed by atoms with E-state index in [1.165, 1.54) is 6.42 Å². The third kappa shape index (κ3) is 4.90. The van der Waals surface area contributed by atoms with Crippen molar-refractivity contribution >= 4 is 17.5 Å². The van der Waals surface area contributed by atoms with Crippen LogP contribution in [0.3, 0.4) is 0 Å². The van der Waals surface area contributed by atoms with Gasteiger partial charge < -0.3 is 15.4 Å². The van der Waals surface area contributed by atoms with Gasteiger partial charge in [-0.05, 0) is 63.4 Å². The summed E-state index contributed by atoms with van der Waals surface area (Å²) in [6, 6.07) is 5.54. The van der Waals surface area contributed by atoms with Crippen molar-refractivity contribution in [2.75, 3.05) is 19.6 Å². The lowest BCUT2D eigenvalue weighted by atomic mass is 10.00. The van der Waals surface area contributed by atoms with Crippen molar-refractivity contribution in [1.82, 2.24) is 10.6 Å². The van der Waals surface area contributed by atoms with E-state index in [4.69, 9.17) is 16.3 Å². The van der Waals surface area contributed by atoms with Gasteiger partial charge in [-0.1, -0.05) is 17.7 Å². The van der Waals surface area contributed by atoms with Crippen LogP contribution in [0.5, 0.6) is 5.75 Å². The Bertz CT molecular complexity index is 487. The van der Waals surface area contributed by atoms with Gasteiger partial charge in [-0.25, -0.2) is 0 Å². The first-order chi connectivity index (χ1) is 10.1. The predicted molar refractivity (Wildman–Crippen MR) is 84.9 cm³/mol. The topological polar surface area (TPSA) is 50.4 Å². The molecule has 2 rings (SSSR count). The number of carbonyl (C=O) groups excluding carboxylic acids is 1. The summed E-state index contributed by atoms with van der Waals surface area (Å²) in [4.78, 5) is 12.1. The van der Waals surface area contributed by atoms with E-state index in [1.54, 1.807) is 13.0 Å². The van der Waals surface area contributed by atoms with Crippen molar-refractivity contribution in [2.45, 2.75) is 32.8 Å². The number of benzene rings is 1. The zero-order valence-electron chi connectivity index (χ0n) is 12.6. The van der Waals surface area contributed by atoms with Gasteiger partial charge in [0.1, 0.15) is 5.75 Å². The minimum absolute atomic E-state index is 0.0989. The van der Waals surface area contributed by atoms with Gasteiger partial charge in [0.05, 0.1) is 5.02 Å². The lowest BCUT2D eigenvalue weighted by Crippen LogP contribution is -2.42. The Morgan fingerprint density at radius 1 is 1.57 bits per heavy atom. The normalized spacial score (nSPS) is 19.9. The summed E-state index contributed by atoms with van der Waals surface area (Å²) in [6.07, 6.45) is 1.78. The Morgan fingerprint density at radius 2 is 2.38 bits per heavy atom. The average molecular weight is 311 g/mol. The van der Waals surface area contributed by atoms with Crippen LogP contribution < -0.4 is 15.4 Å². The average Bonchev–Trinajstić information content (AvgIpc) is 2.49. The Hall–Kier alpha value is -1.26. The first-order valence-corrected chi connectivity index (χ1v) is 7.85. The summed E-state index contributed by atoms with van der Waals surface area (Å²) in [6.45, 7) is 6.45. The number of nitrogens with one attached hydrogen (secondary N) is 2. The molecule has 21 heavy (non-hydrogen) atoms. The molecule has 2 atom stereocenters. The van der Waals surface area contributed by atoms with E-state index in [0.29, 0.717) is 23.2 Å². The van der Waals surface area contributed by atoms with Crippen LogP contribution >= 0.6 is 11.6 Å². The third-order valence-corrected chi connectivity index (χ3v) is 4.04. The SMILES string of the molecule is Cc1ccc(Cl)c(OC(C)C(=O)NCC2CCCNC2)c1. The zero-order valence-corrected chi connectivity index (χ0v) is 13.4. The van der Waals surface area contributed by atoms with Crippen molar-refractivity contribution in [1.29, 1.82) is 0 Å². The molecule has 2 unspecified atom stereocenters. The standard InChI is InChI=1S/C16H23ClN2O2/c1-11-5-6-14(17)15(8-11)21-12(2)16(20)19-10-13-4-3-7-18-9-13/h5-6,8,12-13,18H,3-4,7,9-10H2,1-2H3,(H,19,20). The molecular formula is C16H23ClN2O2. The van der Waals surface area contributed by atoms with Crippen LogP contribution in [-0.4, -0.2) is 31.6 Å². The Labute approximate surface area is 131 Å². The number of carbonyl (C=O) groups is 1. The summed E-state index contributed by atoms with van der Waals surface area (Å²) in [5, 5.41) is 6.83. The number of rotatable bonds is 5. The second-order valence-electron chi connectivity index (χ2n) is 5.65. The predicted octanol–water partition coefficient (Wildman–Crippen LogP) is 2.53. The first kappa shape index (κ1) is 16.1. The van der Waals surface area contributed by atoms with Gasteiger partial charge in [0.2, 0.25) is 0 Å². The van der Waals surface area contributed by atoms with Crippen molar-refractivity contribution in [2.24, 2.45) is 5.92 Å². The van der Waals surface area contributed by atoms with E-state index in [9.17, 15) is 4.79 Å². The minimum Gasteiger partial charge on any atom is -0.479 e. The van der Waals surface area contributed by atoms with E-state index in [0.717, 1.165) is 25.1 Å². The molecule has 116 valence electrons. The minimum atomic E-state index is -0.555. The van der Waals surface area contributed by atoms with Gasteiger partial charge in [-0.2, -0.15) is 0 Å². The van der Waals surface area contributed by atoms with Crippen LogP contribution in [0.2, 0.25) is 5.02 Å². The maximum Gasteiger partial charge on any atom is 0.260 e. The van der Waals surface area contributed by atoms with Crippen molar-refractivity contribution in [3.63, 3.8) is 0 Å². The van der Waals surface area contributed by atoms with Crippen LogP contribution in [0.25, 0.3) is 0 Å². The highest BCUT2D eigenvalue weighted by Gasteiger charge is 2.19. The fourth-order valence-corrected chi connectivity index (χ4v) is 2.59. The Morgan fingerprint density at radius 3 is 3.10 bits per heavy atom. The summed E-state index contributed by atoms with van der Waals surface area (Å²) in [5.41, 5.74) is 1.05. The number of aryl methyl sites for hydroxylation is 1. The second kappa shape index (κ2) is 7.66. The van der Waals surface area contributed by atoms with Crippen LogP contribution in [0.15, 0.2) is 18.2 Å². The van der Waals surface area contributed by atoms with E-state index in [2.05, 4.69) is 10.6 Å². The summed E-state index contributed by atoms with van der Waals surface area (Å²) < 4.78 is 5.67. The molecular weight excluding hydrogens is 288 g/mol. The Kier molecular flexibility index (Phi) is 5.88. The Balaban J connectivity index is 1.82. The highest BCUT2D eigenvalue weighted by molar-refractivity contribution is 6.32. The molecule has 0 saturated carbocycles.